The molecule has 0 aliphatic heterocycles. The van der Waals surface area contributed by atoms with Gasteiger partial charge in [0.1, 0.15) is 0 Å². The van der Waals surface area contributed by atoms with Crippen LogP contribution in [0.1, 0.15) is 42.4 Å². The highest BCUT2D eigenvalue weighted by molar-refractivity contribution is 6.35. The van der Waals surface area contributed by atoms with E-state index in [0.29, 0.717) is 27.4 Å². The first-order valence-corrected chi connectivity index (χ1v) is 9.82. The van der Waals surface area contributed by atoms with Gasteiger partial charge >= 0.3 is 0 Å². The maximum Gasteiger partial charge on any atom is 0.275 e. The smallest absolute Gasteiger partial charge is 0.275 e. The van der Waals surface area contributed by atoms with Crippen LogP contribution in [0.5, 0.6) is 0 Å². The van der Waals surface area contributed by atoms with Gasteiger partial charge in [-0.05, 0) is 37.1 Å². The maximum atomic E-state index is 13.3. The molecule has 5 nitrogen and oxygen atoms in total. The third-order valence-corrected chi connectivity index (χ3v) is 5.38. The van der Waals surface area contributed by atoms with Crippen molar-refractivity contribution in [3.63, 3.8) is 0 Å². The molecule has 7 heteroatoms. The summed E-state index contributed by atoms with van der Waals surface area (Å²) in [6.07, 6.45) is 0.742. The van der Waals surface area contributed by atoms with E-state index in [-0.39, 0.29) is 23.2 Å². The standard InChI is InChI=1S/C21H21Cl2N3O2/c1-4-11-26-20(27)17-8-6-5-7-16(17)19(24-26)21(28)25(3)13(2)15-10-9-14(22)12-18(15)23/h5-10,12-13H,4,11H2,1-3H3. The Hall–Kier alpha value is -2.37. The van der Waals surface area contributed by atoms with Gasteiger partial charge in [0.25, 0.3) is 11.5 Å². The van der Waals surface area contributed by atoms with Crippen LogP contribution in [0.2, 0.25) is 10.0 Å². The Morgan fingerprint density at radius 3 is 2.50 bits per heavy atom. The van der Waals surface area contributed by atoms with E-state index in [9.17, 15) is 9.59 Å². The van der Waals surface area contributed by atoms with E-state index in [1.807, 2.05) is 19.9 Å². The molecule has 1 aromatic heterocycles. The van der Waals surface area contributed by atoms with Gasteiger partial charge < -0.3 is 4.90 Å². The van der Waals surface area contributed by atoms with Crippen molar-refractivity contribution in [3.05, 3.63) is 74.1 Å². The van der Waals surface area contributed by atoms with Gasteiger partial charge in [0, 0.05) is 29.0 Å². The van der Waals surface area contributed by atoms with Crippen molar-refractivity contribution < 1.29 is 4.79 Å². The van der Waals surface area contributed by atoms with Crippen molar-refractivity contribution in [2.45, 2.75) is 32.9 Å². The van der Waals surface area contributed by atoms with E-state index in [1.165, 1.54) is 4.68 Å². The van der Waals surface area contributed by atoms with Crippen LogP contribution in [0.4, 0.5) is 0 Å². The van der Waals surface area contributed by atoms with Crippen LogP contribution in [0.3, 0.4) is 0 Å². The van der Waals surface area contributed by atoms with Crippen LogP contribution >= 0.6 is 23.2 Å². The van der Waals surface area contributed by atoms with Crippen LogP contribution in [0.15, 0.2) is 47.3 Å². The second kappa shape index (κ2) is 8.33. The average molecular weight is 418 g/mol. The number of benzene rings is 2. The minimum atomic E-state index is -0.301. The van der Waals surface area contributed by atoms with Crippen LogP contribution in [0, 0.1) is 0 Å². The van der Waals surface area contributed by atoms with Gasteiger partial charge in [-0.3, -0.25) is 9.59 Å². The molecular weight excluding hydrogens is 397 g/mol. The molecule has 0 N–H and O–H groups in total. The quantitative estimate of drug-likeness (QED) is 0.590. The van der Waals surface area contributed by atoms with Gasteiger partial charge in [0.2, 0.25) is 0 Å². The van der Waals surface area contributed by atoms with Crippen molar-refractivity contribution in [2.75, 3.05) is 7.05 Å². The summed E-state index contributed by atoms with van der Waals surface area (Å²) in [6, 6.07) is 12.0. The lowest BCUT2D eigenvalue weighted by molar-refractivity contribution is 0.0736. The van der Waals surface area contributed by atoms with E-state index in [0.717, 1.165) is 12.0 Å². The number of fused-ring (bicyclic) bond motifs is 1. The minimum absolute atomic E-state index is 0.189. The summed E-state index contributed by atoms with van der Waals surface area (Å²) in [7, 11) is 1.70. The second-order valence-electron chi connectivity index (χ2n) is 6.68. The third kappa shape index (κ3) is 3.77. The fraction of sp³-hybridized carbons (Fsp3) is 0.286. The minimum Gasteiger partial charge on any atom is -0.333 e. The van der Waals surface area contributed by atoms with Gasteiger partial charge in [0.15, 0.2) is 5.69 Å². The van der Waals surface area contributed by atoms with Crippen LogP contribution in [-0.4, -0.2) is 27.6 Å². The molecule has 0 fully saturated rings. The Bertz CT molecular complexity index is 1090. The number of amides is 1. The first-order chi connectivity index (χ1) is 13.3. The average Bonchev–Trinajstić information content (AvgIpc) is 2.68. The van der Waals surface area contributed by atoms with Crippen molar-refractivity contribution in [1.82, 2.24) is 14.7 Å². The molecule has 1 atom stereocenters. The molecule has 1 heterocycles. The largest absolute Gasteiger partial charge is 0.333 e. The van der Waals surface area contributed by atoms with Gasteiger partial charge in [0.05, 0.1) is 11.4 Å². The van der Waals surface area contributed by atoms with Crippen LogP contribution in [0.25, 0.3) is 10.8 Å². The number of rotatable bonds is 5. The Labute approximate surface area is 173 Å². The van der Waals surface area contributed by atoms with Gasteiger partial charge in [-0.25, -0.2) is 4.68 Å². The molecule has 0 radical (unpaired) electrons. The molecule has 3 aromatic rings. The lowest BCUT2D eigenvalue weighted by Crippen LogP contribution is -2.33. The first kappa shape index (κ1) is 20.4. The van der Waals surface area contributed by atoms with Crippen molar-refractivity contribution in [2.24, 2.45) is 0 Å². The molecule has 0 spiro atoms. The Balaban J connectivity index is 2.07. The van der Waals surface area contributed by atoms with Crippen molar-refractivity contribution >= 4 is 39.9 Å². The molecule has 0 aliphatic carbocycles. The molecule has 0 bridgehead atoms. The normalized spacial score (nSPS) is 12.2. The number of carbonyl (C=O) groups is 1. The summed E-state index contributed by atoms with van der Waals surface area (Å²) in [5, 5.41) is 6.45. The van der Waals surface area contributed by atoms with E-state index >= 15 is 0 Å². The highest BCUT2D eigenvalue weighted by atomic mass is 35.5. The number of aromatic nitrogens is 2. The zero-order valence-corrected chi connectivity index (χ0v) is 17.5. The molecule has 3 rings (SSSR count). The molecule has 28 heavy (non-hydrogen) atoms. The number of nitrogens with zero attached hydrogens (tertiary/aromatic N) is 3. The van der Waals surface area contributed by atoms with E-state index in [2.05, 4.69) is 5.10 Å². The highest BCUT2D eigenvalue weighted by Crippen LogP contribution is 2.30. The van der Waals surface area contributed by atoms with Gasteiger partial charge in [-0.2, -0.15) is 5.10 Å². The summed E-state index contributed by atoms with van der Waals surface area (Å²) in [6.45, 7) is 4.30. The summed E-state index contributed by atoms with van der Waals surface area (Å²) < 4.78 is 1.36. The SMILES string of the molecule is CCCn1nc(C(=O)N(C)C(C)c2ccc(Cl)cc2Cl)c2ccccc2c1=O. The first-order valence-electron chi connectivity index (χ1n) is 9.07. The summed E-state index contributed by atoms with van der Waals surface area (Å²) in [5.41, 5.74) is 0.849. The van der Waals surface area contributed by atoms with E-state index in [4.69, 9.17) is 23.2 Å². The number of hydrogen-bond acceptors (Lipinski definition) is 3. The Morgan fingerprint density at radius 1 is 1.18 bits per heavy atom. The molecule has 1 amide bonds. The number of halogens is 2. The third-order valence-electron chi connectivity index (χ3n) is 4.82. The predicted octanol–water partition coefficient (Wildman–Crippen LogP) is 4.95. The van der Waals surface area contributed by atoms with Crippen molar-refractivity contribution in [1.29, 1.82) is 0 Å². The Kier molecular flexibility index (Phi) is 6.06. The highest BCUT2D eigenvalue weighted by Gasteiger charge is 2.25. The van der Waals surface area contributed by atoms with Crippen molar-refractivity contribution in [3.8, 4) is 0 Å². The topological polar surface area (TPSA) is 55.2 Å². The molecule has 0 aliphatic rings. The van der Waals surface area contributed by atoms with Gasteiger partial charge in [-0.15, -0.1) is 0 Å². The molecule has 0 saturated carbocycles. The number of aryl methyl sites for hydroxylation is 1. The Morgan fingerprint density at radius 2 is 1.86 bits per heavy atom. The lowest BCUT2D eigenvalue weighted by atomic mass is 10.1. The molecular formula is C21H21Cl2N3O2. The predicted molar refractivity (Wildman–Crippen MR) is 113 cm³/mol. The zero-order valence-electron chi connectivity index (χ0n) is 15.9. The number of carbonyl (C=O) groups excluding carboxylic acids is 1. The molecule has 1 unspecified atom stereocenters. The van der Waals surface area contributed by atoms with Crippen LogP contribution < -0.4 is 5.56 Å². The fourth-order valence-corrected chi connectivity index (χ4v) is 3.71. The zero-order chi connectivity index (χ0) is 20.4. The van der Waals surface area contributed by atoms with Gasteiger partial charge in [-0.1, -0.05) is 54.4 Å². The number of hydrogen-bond donors (Lipinski definition) is 0. The van der Waals surface area contributed by atoms with Crippen LogP contribution in [-0.2, 0) is 6.54 Å². The molecule has 146 valence electrons. The lowest BCUT2D eigenvalue weighted by Gasteiger charge is -2.26. The van der Waals surface area contributed by atoms with E-state index < -0.39 is 0 Å². The van der Waals surface area contributed by atoms with E-state index in [1.54, 1.807) is 48.3 Å². The molecule has 0 saturated heterocycles. The fourth-order valence-electron chi connectivity index (χ4n) is 3.15. The summed E-state index contributed by atoms with van der Waals surface area (Å²) in [4.78, 5) is 27.5. The second-order valence-corrected chi connectivity index (χ2v) is 7.52. The molecule has 2 aromatic carbocycles. The maximum absolute atomic E-state index is 13.3. The summed E-state index contributed by atoms with van der Waals surface area (Å²) >= 11 is 12.3. The monoisotopic (exact) mass is 417 g/mol. The summed E-state index contributed by atoms with van der Waals surface area (Å²) in [5.74, 6) is -0.278.